The maximum absolute atomic E-state index is 12.5. The Morgan fingerprint density at radius 1 is 1.09 bits per heavy atom. The van der Waals surface area contributed by atoms with Crippen molar-refractivity contribution in [2.24, 2.45) is 5.92 Å². The van der Waals surface area contributed by atoms with E-state index in [2.05, 4.69) is 11.5 Å². The third-order valence-electron chi connectivity index (χ3n) is 5.07. The van der Waals surface area contributed by atoms with Crippen LogP contribution in [-0.4, -0.2) is 72.3 Å². The first-order valence-electron chi connectivity index (χ1n) is 8.96. The molecule has 0 atom stereocenters. The standard InChI is InChI=1S/C18H31N3O2/c1-3-9-19(14-17-7-5-4-6-8-17)15-18(23)21-12-10-20(11-13-21)16(2)22/h3,17H,1,4-15H2,2H3. The summed E-state index contributed by atoms with van der Waals surface area (Å²) >= 11 is 0. The molecule has 0 aromatic heterocycles. The zero-order valence-corrected chi connectivity index (χ0v) is 14.5. The van der Waals surface area contributed by atoms with E-state index in [1.165, 1.54) is 32.1 Å². The number of hydrogen-bond donors (Lipinski definition) is 0. The lowest BCUT2D eigenvalue weighted by molar-refractivity contribution is -0.139. The summed E-state index contributed by atoms with van der Waals surface area (Å²) in [6.45, 7) is 10.3. The number of carbonyl (C=O) groups is 2. The maximum Gasteiger partial charge on any atom is 0.236 e. The summed E-state index contributed by atoms with van der Waals surface area (Å²) in [6.07, 6.45) is 8.49. The molecule has 0 aromatic carbocycles. The molecule has 1 saturated carbocycles. The summed E-state index contributed by atoms with van der Waals surface area (Å²) in [4.78, 5) is 29.9. The van der Waals surface area contributed by atoms with Gasteiger partial charge in [-0.05, 0) is 18.8 Å². The second kappa shape index (κ2) is 9.06. The molecule has 1 saturated heterocycles. The van der Waals surface area contributed by atoms with Crippen molar-refractivity contribution in [1.82, 2.24) is 14.7 Å². The van der Waals surface area contributed by atoms with Crippen LogP contribution in [0.5, 0.6) is 0 Å². The van der Waals surface area contributed by atoms with Gasteiger partial charge < -0.3 is 9.80 Å². The Morgan fingerprint density at radius 3 is 2.26 bits per heavy atom. The largest absolute Gasteiger partial charge is 0.339 e. The van der Waals surface area contributed by atoms with E-state index in [9.17, 15) is 9.59 Å². The Morgan fingerprint density at radius 2 is 1.70 bits per heavy atom. The van der Waals surface area contributed by atoms with Crippen molar-refractivity contribution in [3.8, 4) is 0 Å². The van der Waals surface area contributed by atoms with Gasteiger partial charge in [0, 0.05) is 46.2 Å². The van der Waals surface area contributed by atoms with Gasteiger partial charge in [0.25, 0.3) is 0 Å². The van der Waals surface area contributed by atoms with Crippen molar-refractivity contribution in [2.45, 2.75) is 39.0 Å². The minimum absolute atomic E-state index is 0.0997. The van der Waals surface area contributed by atoms with E-state index in [4.69, 9.17) is 0 Å². The first-order valence-corrected chi connectivity index (χ1v) is 8.96. The van der Waals surface area contributed by atoms with E-state index in [1.807, 2.05) is 15.9 Å². The molecule has 2 fully saturated rings. The lowest BCUT2D eigenvalue weighted by atomic mass is 9.89. The minimum Gasteiger partial charge on any atom is -0.339 e. The minimum atomic E-state index is 0.0997. The molecule has 0 bridgehead atoms. The summed E-state index contributed by atoms with van der Waals surface area (Å²) in [7, 11) is 0. The number of carbonyl (C=O) groups excluding carboxylic acids is 2. The van der Waals surface area contributed by atoms with Crippen LogP contribution in [0, 0.1) is 5.92 Å². The van der Waals surface area contributed by atoms with Crippen LogP contribution in [0.15, 0.2) is 12.7 Å². The molecular weight excluding hydrogens is 290 g/mol. The molecule has 1 aliphatic carbocycles. The maximum atomic E-state index is 12.5. The zero-order valence-electron chi connectivity index (χ0n) is 14.5. The van der Waals surface area contributed by atoms with Crippen molar-refractivity contribution in [3.05, 3.63) is 12.7 Å². The third-order valence-corrected chi connectivity index (χ3v) is 5.07. The Hall–Kier alpha value is -1.36. The highest BCUT2D eigenvalue weighted by atomic mass is 16.2. The van der Waals surface area contributed by atoms with Crippen LogP contribution in [0.1, 0.15) is 39.0 Å². The van der Waals surface area contributed by atoms with Crippen LogP contribution in [0.4, 0.5) is 0 Å². The lowest BCUT2D eigenvalue weighted by Gasteiger charge is -2.36. The summed E-state index contributed by atoms with van der Waals surface area (Å²) in [5, 5.41) is 0. The van der Waals surface area contributed by atoms with E-state index < -0.39 is 0 Å². The molecule has 0 radical (unpaired) electrons. The van der Waals surface area contributed by atoms with Crippen molar-refractivity contribution < 1.29 is 9.59 Å². The molecule has 130 valence electrons. The molecule has 2 aliphatic rings. The summed E-state index contributed by atoms with van der Waals surface area (Å²) in [6, 6.07) is 0. The Kier molecular flexibility index (Phi) is 7.09. The van der Waals surface area contributed by atoms with Gasteiger partial charge in [-0.25, -0.2) is 0 Å². The second-order valence-electron chi connectivity index (χ2n) is 6.87. The van der Waals surface area contributed by atoms with Crippen LogP contribution in [0.25, 0.3) is 0 Å². The Labute approximate surface area is 140 Å². The first kappa shape index (κ1) is 18.0. The van der Waals surface area contributed by atoms with Crippen LogP contribution in [0.3, 0.4) is 0 Å². The Balaban J connectivity index is 1.80. The molecule has 0 aromatic rings. The predicted molar refractivity (Wildman–Crippen MR) is 92.0 cm³/mol. The van der Waals surface area contributed by atoms with Crippen molar-refractivity contribution in [1.29, 1.82) is 0 Å². The van der Waals surface area contributed by atoms with E-state index in [1.54, 1.807) is 6.92 Å². The highest BCUT2D eigenvalue weighted by molar-refractivity contribution is 5.79. The molecule has 0 unspecified atom stereocenters. The monoisotopic (exact) mass is 321 g/mol. The summed E-state index contributed by atoms with van der Waals surface area (Å²) in [5.74, 6) is 1.01. The molecule has 5 nitrogen and oxygen atoms in total. The summed E-state index contributed by atoms with van der Waals surface area (Å²) in [5.41, 5.74) is 0. The fourth-order valence-electron chi connectivity index (χ4n) is 3.68. The van der Waals surface area contributed by atoms with E-state index in [0.29, 0.717) is 32.7 Å². The molecule has 0 N–H and O–H groups in total. The Bertz CT molecular complexity index is 410. The topological polar surface area (TPSA) is 43.9 Å². The average Bonchev–Trinajstić information content (AvgIpc) is 2.56. The fraction of sp³-hybridized carbons (Fsp3) is 0.778. The van der Waals surface area contributed by atoms with E-state index in [-0.39, 0.29) is 11.8 Å². The van der Waals surface area contributed by atoms with Gasteiger partial charge in [0.05, 0.1) is 6.54 Å². The SMILES string of the molecule is C=CCN(CC(=O)N1CCN(C(C)=O)CC1)CC1CCCCC1. The van der Waals surface area contributed by atoms with E-state index in [0.717, 1.165) is 19.0 Å². The van der Waals surface area contributed by atoms with Gasteiger partial charge in [-0.2, -0.15) is 0 Å². The first-order chi connectivity index (χ1) is 11.1. The van der Waals surface area contributed by atoms with Gasteiger partial charge in [0.15, 0.2) is 0 Å². The van der Waals surface area contributed by atoms with Crippen LogP contribution < -0.4 is 0 Å². The second-order valence-corrected chi connectivity index (χ2v) is 6.87. The predicted octanol–water partition coefficient (Wildman–Crippen LogP) is 1.75. The number of nitrogens with zero attached hydrogens (tertiary/aromatic N) is 3. The van der Waals surface area contributed by atoms with Crippen LogP contribution in [0.2, 0.25) is 0 Å². The highest BCUT2D eigenvalue weighted by Crippen LogP contribution is 2.24. The van der Waals surface area contributed by atoms with Gasteiger partial charge in [0.2, 0.25) is 11.8 Å². The number of hydrogen-bond acceptors (Lipinski definition) is 3. The zero-order chi connectivity index (χ0) is 16.7. The van der Waals surface area contributed by atoms with Gasteiger partial charge in [-0.3, -0.25) is 14.5 Å². The van der Waals surface area contributed by atoms with Crippen LogP contribution >= 0.6 is 0 Å². The van der Waals surface area contributed by atoms with Gasteiger partial charge in [-0.15, -0.1) is 6.58 Å². The van der Waals surface area contributed by atoms with Crippen molar-refractivity contribution >= 4 is 11.8 Å². The molecule has 2 amide bonds. The van der Waals surface area contributed by atoms with Crippen molar-refractivity contribution in [2.75, 3.05) is 45.8 Å². The quantitative estimate of drug-likeness (QED) is 0.700. The number of amides is 2. The average molecular weight is 321 g/mol. The number of piperazine rings is 1. The molecule has 1 aliphatic heterocycles. The normalized spacial score (nSPS) is 19.9. The molecule has 23 heavy (non-hydrogen) atoms. The molecule has 5 heteroatoms. The van der Waals surface area contributed by atoms with E-state index >= 15 is 0 Å². The molecule has 2 rings (SSSR count). The fourth-order valence-corrected chi connectivity index (χ4v) is 3.68. The molecular formula is C18H31N3O2. The third kappa shape index (κ3) is 5.65. The van der Waals surface area contributed by atoms with Gasteiger partial charge in [0.1, 0.15) is 0 Å². The van der Waals surface area contributed by atoms with Crippen LogP contribution in [-0.2, 0) is 9.59 Å². The van der Waals surface area contributed by atoms with Gasteiger partial charge in [-0.1, -0.05) is 25.3 Å². The summed E-state index contributed by atoms with van der Waals surface area (Å²) < 4.78 is 0. The molecule has 1 heterocycles. The lowest BCUT2D eigenvalue weighted by Crippen LogP contribution is -2.52. The smallest absolute Gasteiger partial charge is 0.236 e. The highest BCUT2D eigenvalue weighted by Gasteiger charge is 2.24. The molecule has 0 spiro atoms. The van der Waals surface area contributed by atoms with Gasteiger partial charge >= 0.3 is 0 Å². The number of rotatable bonds is 6. The van der Waals surface area contributed by atoms with Crippen molar-refractivity contribution in [3.63, 3.8) is 0 Å².